The molecule has 1 rings (SSSR count). The van der Waals surface area contributed by atoms with E-state index >= 15 is 0 Å². The van der Waals surface area contributed by atoms with Crippen molar-refractivity contribution in [1.29, 1.82) is 0 Å². The lowest BCUT2D eigenvalue weighted by atomic mass is 10.2. The van der Waals surface area contributed by atoms with Gasteiger partial charge >= 0.3 is 0 Å². The molecule has 0 aliphatic carbocycles. The maximum Gasteiger partial charge on any atom is 0.0928 e. The van der Waals surface area contributed by atoms with E-state index in [-0.39, 0.29) is 0 Å². The predicted octanol–water partition coefficient (Wildman–Crippen LogP) is 2.13. The van der Waals surface area contributed by atoms with E-state index in [2.05, 4.69) is 12.0 Å². The van der Waals surface area contributed by atoms with Crippen molar-refractivity contribution in [3.05, 3.63) is 18.0 Å². The van der Waals surface area contributed by atoms with Crippen LogP contribution in [0.5, 0.6) is 0 Å². The highest BCUT2D eigenvalue weighted by molar-refractivity contribution is 5.02. The largest absolute Gasteiger partial charge is 0.387 e. The van der Waals surface area contributed by atoms with Gasteiger partial charge in [-0.15, -0.1) is 0 Å². The van der Waals surface area contributed by atoms with E-state index in [0.717, 1.165) is 18.7 Å². The van der Waals surface area contributed by atoms with E-state index in [1.807, 2.05) is 10.7 Å². The van der Waals surface area contributed by atoms with E-state index in [1.54, 1.807) is 13.1 Å². The summed E-state index contributed by atoms with van der Waals surface area (Å²) in [4.78, 5) is 0. The zero-order valence-electron chi connectivity index (χ0n) is 8.40. The Labute approximate surface area is 79.4 Å². The van der Waals surface area contributed by atoms with Gasteiger partial charge in [-0.2, -0.15) is 5.10 Å². The van der Waals surface area contributed by atoms with Crippen LogP contribution in [0, 0.1) is 0 Å². The average molecular weight is 182 g/mol. The highest BCUT2D eigenvalue weighted by Gasteiger charge is 2.06. The summed E-state index contributed by atoms with van der Waals surface area (Å²) in [6.45, 7) is 4.87. The first-order chi connectivity index (χ1) is 6.25. The summed E-state index contributed by atoms with van der Waals surface area (Å²) in [5, 5.41) is 13.6. The Morgan fingerprint density at radius 1 is 1.54 bits per heavy atom. The minimum absolute atomic E-state index is 0.413. The van der Waals surface area contributed by atoms with Crippen molar-refractivity contribution < 1.29 is 5.11 Å². The molecule has 0 spiro atoms. The number of nitrogens with zero attached hydrogens (tertiary/aromatic N) is 2. The molecular weight excluding hydrogens is 164 g/mol. The molecule has 0 saturated heterocycles. The molecule has 1 aromatic rings. The van der Waals surface area contributed by atoms with Crippen LogP contribution in [0.25, 0.3) is 0 Å². The summed E-state index contributed by atoms with van der Waals surface area (Å²) in [6.07, 6.45) is 4.90. The second-order valence-electron chi connectivity index (χ2n) is 3.36. The zero-order chi connectivity index (χ0) is 9.68. The Bertz CT molecular complexity index is 243. The minimum Gasteiger partial charge on any atom is -0.387 e. The fourth-order valence-corrected chi connectivity index (χ4v) is 1.40. The maximum atomic E-state index is 9.39. The molecule has 3 nitrogen and oxygen atoms in total. The van der Waals surface area contributed by atoms with Crippen LogP contribution < -0.4 is 0 Å². The van der Waals surface area contributed by atoms with Gasteiger partial charge in [-0.05, 0) is 19.4 Å². The lowest BCUT2D eigenvalue weighted by Gasteiger charge is -2.08. The normalized spacial score (nSPS) is 13.2. The van der Waals surface area contributed by atoms with Crippen molar-refractivity contribution in [1.82, 2.24) is 9.78 Å². The monoisotopic (exact) mass is 182 g/mol. The Kier molecular flexibility index (Phi) is 3.96. The van der Waals surface area contributed by atoms with Gasteiger partial charge < -0.3 is 5.11 Å². The molecule has 1 atom stereocenters. The Morgan fingerprint density at radius 3 is 2.92 bits per heavy atom. The van der Waals surface area contributed by atoms with Crippen LogP contribution in [0.15, 0.2) is 12.3 Å². The number of aryl methyl sites for hydroxylation is 1. The lowest BCUT2D eigenvalue weighted by Crippen LogP contribution is -2.07. The van der Waals surface area contributed by atoms with Gasteiger partial charge in [0.05, 0.1) is 11.8 Å². The van der Waals surface area contributed by atoms with Crippen molar-refractivity contribution >= 4 is 0 Å². The van der Waals surface area contributed by atoms with Gasteiger partial charge in [0, 0.05) is 12.7 Å². The first-order valence-electron chi connectivity index (χ1n) is 4.95. The van der Waals surface area contributed by atoms with Gasteiger partial charge in [0.25, 0.3) is 0 Å². The van der Waals surface area contributed by atoms with Crippen LogP contribution in [0.2, 0.25) is 0 Å². The molecule has 1 aromatic heterocycles. The van der Waals surface area contributed by atoms with Crippen LogP contribution in [-0.4, -0.2) is 14.9 Å². The van der Waals surface area contributed by atoms with E-state index < -0.39 is 6.10 Å². The second kappa shape index (κ2) is 5.02. The standard InChI is InChI=1S/C10H18N2O/c1-3-4-5-8-12-10(9(2)13)6-7-11-12/h6-7,9,13H,3-5,8H2,1-2H3/t9-/m1/s1. The van der Waals surface area contributed by atoms with Crippen molar-refractivity contribution in [2.75, 3.05) is 0 Å². The van der Waals surface area contributed by atoms with Gasteiger partial charge in [-0.3, -0.25) is 4.68 Å². The number of aliphatic hydroxyl groups is 1. The summed E-state index contributed by atoms with van der Waals surface area (Å²) in [5.41, 5.74) is 0.913. The van der Waals surface area contributed by atoms with Crippen LogP contribution in [0.4, 0.5) is 0 Å². The van der Waals surface area contributed by atoms with Crippen LogP contribution >= 0.6 is 0 Å². The molecule has 0 unspecified atom stereocenters. The van der Waals surface area contributed by atoms with Crippen molar-refractivity contribution in [2.24, 2.45) is 0 Å². The molecule has 0 saturated carbocycles. The Hall–Kier alpha value is -0.830. The number of hydrogen-bond acceptors (Lipinski definition) is 2. The summed E-state index contributed by atoms with van der Waals surface area (Å²) >= 11 is 0. The molecule has 3 heteroatoms. The molecule has 0 radical (unpaired) electrons. The first-order valence-corrected chi connectivity index (χ1v) is 4.95. The van der Waals surface area contributed by atoms with Gasteiger partial charge in [0.1, 0.15) is 0 Å². The van der Waals surface area contributed by atoms with Gasteiger partial charge in [-0.1, -0.05) is 19.8 Å². The third-order valence-corrected chi connectivity index (χ3v) is 2.15. The van der Waals surface area contributed by atoms with Crippen LogP contribution in [-0.2, 0) is 6.54 Å². The molecule has 13 heavy (non-hydrogen) atoms. The third-order valence-electron chi connectivity index (χ3n) is 2.15. The highest BCUT2D eigenvalue weighted by atomic mass is 16.3. The highest BCUT2D eigenvalue weighted by Crippen LogP contribution is 2.11. The summed E-state index contributed by atoms with van der Waals surface area (Å²) in [6, 6.07) is 1.87. The number of unbranched alkanes of at least 4 members (excludes halogenated alkanes) is 2. The summed E-state index contributed by atoms with van der Waals surface area (Å²) in [7, 11) is 0. The van der Waals surface area contributed by atoms with Gasteiger partial charge in [-0.25, -0.2) is 0 Å². The number of aromatic nitrogens is 2. The minimum atomic E-state index is -0.413. The molecule has 0 aliphatic heterocycles. The SMILES string of the molecule is CCCCCn1nccc1[C@@H](C)O. The predicted molar refractivity (Wildman–Crippen MR) is 52.4 cm³/mol. The molecule has 1 heterocycles. The smallest absolute Gasteiger partial charge is 0.0928 e. The van der Waals surface area contributed by atoms with E-state index in [1.165, 1.54) is 12.8 Å². The van der Waals surface area contributed by atoms with Gasteiger partial charge in [0.15, 0.2) is 0 Å². The molecular formula is C10H18N2O. The quantitative estimate of drug-likeness (QED) is 0.708. The number of rotatable bonds is 5. The Morgan fingerprint density at radius 2 is 2.31 bits per heavy atom. The zero-order valence-corrected chi connectivity index (χ0v) is 8.40. The molecule has 0 bridgehead atoms. The van der Waals surface area contributed by atoms with E-state index in [0.29, 0.717) is 0 Å². The second-order valence-corrected chi connectivity index (χ2v) is 3.36. The number of hydrogen-bond donors (Lipinski definition) is 1. The summed E-state index contributed by atoms with van der Waals surface area (Å²) < 4.78 is 1.89. The van der Waals surface area contributed by atoms with Crippen molar-refractivity contribution in [2.45, 2.75) is 45.8 Å². The molecule has 0 amide bonds. The van der Waals surface area contributed by atoms with E-state index in [4.69, 9.17) is 0 Å². The molecule has 0 fully saturated rings. The maximum absolute atomic E-state index is 9.39. The fraction of sp³-hybridized carbons (Fsp3) is 0.700. The first kappa shape index (κ1) is 10.3. The summed E-state index contributed by atoms with van der Waals surface area (Å²) in [5.74, 6) is 0. The average Bonchev–Trinajstić information content (AvgIpc) is 2.53. The molecule has 0 aromatic carbocycles. The lowest BCUT2D eigenvalue weighted by molar-refractivity contribution is 0.186. The number of aliphatic hydroxyl groups excluding tert-OH is 1. The topological polar surface area (TPSA) is 38.0 Å². The molecule has 74 valence electrons. The molecule has 1 N–H and O–H groups in total. The van der Waals surface area contributed by atoms with Crippen molar-refractivity contribution in [3.63, 3.8) is 0 Å². The van der Waals surface area contributed by atoms with Crippen molar-refractivity contribution in [3.8, 4) is 0 Å². The van der Waals surface area contributed by atoms with Gasteiger partial charge in [0.2, 0.25) is 0 Å². The fourth-order valence-electron chi connectivity index (χ4n) is 1.40. The third kappa shape index (κ3) is 2.84. The van der Waals surface area contributed by atoms with E-state index in [9.17, 15) is 5.11 Å². The molecule has 0 aliphatic rings. The Balaban J connectivity index is 2.50. The van der Waals surface area contributed by atoms with Crippen LogP contribution in [0.3, 0.4) is 0 Å². The van der Waals surface area contributed by atoms with Crippen LogP contribution in [0.1, 0.15) is 44.9 Å².